The molecule has 0 spiro atoms. The van der Waals surface area contributed by atoms with Crippen molar-refractivity contribution in [2.24, 2.45) is 0 Å². The minimum absolute atomic E-state index is 0.379. The number of hydrogen-bond acceptors (Lipinski definition) is 4. The maximum Gasteiger partial charge on any atom is 0.217 e. The molecule has 5 nitrogen and oxygen atoms in total. The minimum atomic E-state index is 0.379. The van der Waals surface area contributed by atoms with Gasteiger partial charge in [-0.25, -0.2) is 4.98 Å². The first-order valence-electron chi connectivity index (χ1n) is 5.98. The molecule has 90 valence electrons. The summed E-state index contributed by atoms with van der Waals surface area (Å²) in [4.78, 5) is 8.20. The Bertz CT molecular complexity index is 591. The monoisotopic (exact) mass is 239 g/mol. The number of hydrogen-bond donors (Lipinski definition) is 1. The molecule has 0 saturated heterocycles. The highest BCUT2D eigenvalue weighted by molar-refractivity contribution is 5.36. The zero-order chi connectivity index (χ0) is 12.4. The molecule has 2 heterocycles. The molecule has 0 amide bonds. The molecule has 0 bridgehead atoms. The summed E-state index contributed by atoms with van der Waals surface area (Å²) in [5.74, 6) is 0.379. The van der Waals surface area contributed by atoms with Crippen molar-refractivity contribution in [3.05, 3.63) is 42.2 Å². The second kappa shape index (κ2) is 4.59. The maximum absolute atomic E-state index is 8.96. The van der Waals surface area contributed by atoms with Gasteiger partial charge >= 0.3 is 0 Å². The van der Waals surface area contributed by atoms with Crippen molar-refractivity contribution < 1.29 is 0 Å². The molecule has 18 heavy (non-hydrogen) atoms. The standard InChI is InChI=1S/C13H13N5/c14-6-13-16-3-4-18(13)12-5-10(7-15-9-12)8-17-11-1-2-11/h3-5,7,9,11,17H,1-2,8H2. The molecule has 0 aromatic carbocycles. The van der Waals surface area contributed by atoms with Gasteiger partial charge in [-0.2, -0.15) is 5.26 Å². The number of rotatable bonds is 4. The summed E-state index contributed by atoms with van der Waals surface area (Å²) in [5.41, 5.74) is 2.00. The molecule has 0 aliphatic heterocycles. The molecule has 2 aromatic heterocycles. The molecule has 0 unspecified atom stereocenters. The lowest BCUT2D eigenvalue weighted by molar-refractivity contribution is 0.685. The third kappa shape index (κ3) is 2.24. The quantitative estimate of drug-likeness (QED) is 0.875. The molecular weight excluding hydrogens is 226 g/mol. The largest absolute Gasteiger partial charge is 0.310 e. The Morgan fingerprint density at radius 1 is 1.44 bits per heavy atom. The lowest BCUT2D eigenvalue weighted by Crippen LogP contribution is -2.15. The molecule has 1 N–H and O–H groups in total. The van der Waals surface area contributed by atoms with Gasteiger partial charge in [0.05, 0.1) is 11.9 Å². The Morgan fingerprint density at radius 2 is 2.33 bits per heavy atom. The number of nitrogens with zero attached hydrogens (tertiary/aromatic N) is 4. The summed E-state index contributed by atoms with van der Waals surface area (Å²) >= 11 is 0. The van der Waals surface area contributed by atoms with Crippen molar-refractivity contribution in [3.63, 3.8) is 0 Å². The molecule has 2 aromatic rings. The fourth-order valence-electron chi connectivity index (χ4n) is 1.85. The maximum atomic E-state index is 8.96. The molecule has 1 fully saturated rings. The van der Waals surface area contributed by atoms with Gasteiger partial charge in [0.15, 0.2) is 0 Å². The van der Waals surface area contributed by atoms with Gasteiger partial charge in [-0.05, 0) is 24.5 Å². The van der Waals surface area contributed by atoms with Crippen LogP contribution in [0.3, 0.4) is 0 Å². The first-order valence-corrected chi connectivity index (χ1v) is 5.98. The number of imidazole rings is 1. The molecule has 1 aliphatic carbocycles. The van der Waals surface area contributed by atoms with E-state index < -0.39 is 0 Å². The fraction of sp³-hybridized carbons (Fsp3) is 0.308. The first kappa shape index (κ1) is 10.9. The van der Waals surface area contributed by atoms with E-state index in [0.717, 1.165) is 17.8 Å². The summed E-state index contributed by atoms with van der Waals surface area (Å²) in [6.45, 7) is 0.822. The van der Waals surface area contributed by atoms with Gasteiger partial charge in [0.2, 0.25) is 5.82 Å². The van der Waals surface area contributed by atoms with Gasteiger partial charge in [0.25, 0.3) is 0 Å². The molecule has 0 radical (unpaired) electrons. The van der Waals surface area contributed by atoms with E-state index in [2.05, 4.69) is 21.4 Å². The van der Waals surface area contributed by atoms with Crippen LogP contribution >= 0.6 is 0 Å². The molecule has 1 aliphatic rings. The van der Waals surface area contributed by atoms with E-state index in [9.17, 15) is 0 Å². The SMILES string of the molecule is N#Cc1nccn1-c1cncc(CNC2CC2)c1. The van der Waals surface area contributed by atoms with Crippen LogP contribution in [0.25, 0.3) is 5.69 Å². The molecule has 3 rings (SSSR count). The predicted molar refractivity (Wildman–Crippen MR) is 65.9 cm³/mol. The van der Waals surface area contributed by atoms with Crippen LogP contribution in [0.15, 0.2) is 30.9 Å². The third-order valence-electron chi connectivity index (χ3n) is 2.97. The van der Waals surface area contributed by atoms with E-state index in [1.807, 2.05) is 12.3 Å². The zero-order valence-corrected chi connectivity index (χ0v) is 9.87. The normalized spacial score (nSPS) is 14.4. The van der Waals surface area contributed by atoms with Crippen LogP contribution in [0.5, 0.6) is 0 Å². The first-order chi connectivity index (χ1) is 8.86. The van der Waals surface area contributed by atoms with Gasteiger partial charge in [-0.15, -0.1) is 0 Å². The zero-order valence-electron chi connectivity index (χ0n) is 9.87. The Kier molecular flexibility index (Phi) is 2.79. The Hall–Kier alpha value is -2.19. The van der Waals surface area contributed by atoms with Crippen LogP contribution in [0.1, 0.15) is 24.2 Å². The van der Waals surface area contributed by atoms with Crippen molar-refractivity contribution >= 4 is 0 Å². The van der Waals surface area contributed by atoms with Crippen LogP contribution in [-0.4, -0.2) is 20.6 Å². The van der Waals surface area contributed by atoms with Gasteiger partial charge in [0.1, 0.15) is 6.07 Å². The number of nitrogens with one attached hydrogen (secondary N) is 1. The van der Waals surface area contributed by atoms with E-state index >= 15 is 0 Å². The summed E-state index contributed by atoms with van der Waals surface area (Å²) in [6, 6.07) is 4.77. The summed E-state index contributed by atoms with van der Waals surface area (Å²) < 4.78 is 1.74. The van der Waals surface area contributed by atoms with Gasteiger partial charge < -0.3 is 5.32 Å². The van der Waals surface area contributed by atoms with E-state index in [1.54, 1.807) is 23.2 Å². The number of pyridine rings is 1. The average Bonchev–Trinajstić information content (AvgIpc) is 3.12. The van der Waals surface area contributed by atoms with Crippen molar-refractivity contribution in [2.75, 3.05) is 0 Å². The van der Waals surface area contributed by atoms with Crippen LogP contribution in [0.4, 0.5) is 0 Å². The van der Waals surface area contributed by atoms with Crippen molar-refractivity contribution in [1.82, 2.24) is 19.9 Å². The Labute approximate surface area is 105 Å². The topological polar surface area (TPSA) is 66.5 Å². The summed E-state index contributed by atoms with van der Waals surface area (Å²) in [6.07, 6.45) is 9.52. The summed E-state index contributed by atoms with van der Waals surface area (Å²) in [5, 5.41) is 12.4. The van der Waals surface area contributed by atoms with Crippen molar-refractivity contribution in [2.45, 2.75) is 25.4 Å². The fourth-order valence-corrected chi connectivity index (χ4v) is 1.85. The van der Waals surface area contributed by atoms with Crippen molar-refractivity contribution in [3.8, 4) is 11.8 Å². The van der Waals surface area contributed by atoms with Crippen LogP contribution in [-0.2, 0) is 6.54 Å². The second-order valence-corrected chi connectivity index (χ2v) is 4.44. The summed E-state index contributed by atoms with van der Waals surface area (Å²) in [7, 11) is 0. The third-order valence-corrected chi connectivity index (χ3v) is 2.97. The average molecular weight is 239 g/mol. The van der Waals surface area contributed by atoms with Gasteiger partial charge in [-0.3, -0.25) is 9.55 Å². The van der Waals surface area contributed by atoms with Crippen molar-refractivity contribution in [1.29, 1.82) is 5.26 Å². The minimum Gasteiger partial charge on any atom is -0.310 e. The highest BCUT2D eigenvalue weighted by Gasteiger charge is 2.20. The Morgan fingerprint density at radius 3 is 3.11 bits per heavy atom. The van der Waals surface area contributed by atoms with Gasteiger partial charge in [-0.1, -0.05) is 0 Å². The van der Waals surface area contributed by atoms with Crippen LogP contribution < -0.4 is 5.32 Å². The van der Waals surface area contributed by atoms with E-state index in [0.29, 0.717) is 11.9 Å². The molecular formula is C13H13N5. The molecule has 5 heteroatoms. The Balaban J connectivity index is 1.83. The lowest BCUT2D eigenvalue weighted by Gasteiger charge is -2.06. The van der Waals surface area contributed by atoms with E-state index in [1.165, 1.54) is 12.8 Å². The number of nitriles is 1. The predicted octanol–water partition coefficient (Wildman–Crippen LogP) is 1.39. The second-order valence-electron chi connectivity index (χ2n) is 4.44. The van der Waals surface area contributed by atoms with E-state index in [4.69, 9.17) is 5.26 Å². The van der Waals surface area contributed by atoms with Crippen LogP contribution in [0.2, 0.25) is 0 Å². The molecule has 0 atom stereocenters. The highest BCUT2D eigenvalue weighted by atomic mass is 15.1. The van der Waals surface area contributed by atoms with E-state index in [-0.39, 0.29) is 0 Å². The number of aromatic nitrogens is 3. The highest BCUT2D eigenvalue weighted by Crippen LogP contribution is 2.19. The smallest absolute Gasteiger partial charge is 0.217 e. The lowest BCUT2D eigenvalue weighted by atomic mass is 10.2. The van der Waals surface area contributed by atoms with Crippen LogP contribution in [0, 0.1) is 11.3 Å². The molecule has 1 saturated carbocycles. The van der Waals surface area contributed by atoms with Gasteiger partial charge in [0, 0.05) is 31.2 Å².